The van der Waals surface area contributed by atoms with Crippen LogP contribution in [0.4, 0.5) is 10.5 Å². The van der Waals surface area contributed by atoms with Crippen molar-refractivity contribution < 1.29 is 14.4 Å². The SMILES string of the molecule is Nc1ccc(C(=O)CN2C(=O)NC(c3ccccc3)(c3ccccc3)C2=O)cc1. The number of ketones is 1. The van der Waals surface area contributed by atoms with Crippen molar-refractivity contribution >= 4 is 23.4 Å². The fourth-order valence-corrected chi connectivity index (χ4v) is 3.56. The smallest absolute Gasteiger partial charge is 0.325 e. The molecule has 6 nitrogen and oxygen atoms in total. The Labute approximate surface area is 167 Å². The summed E-state index contributed by atoms with van der Waals surface area (Å²) >= 11 is 0. The van der Waals surface area contributed by atoms with Crippen molar-refractivity contribution in [3.05, 3.63) is 102 Å². The molecule has 0 unspecified atom stereocenters. The zero-order valence-corrected chi connectivity index (χ0v) is 15.5. The second-order valence-corrected chi connectivity index (χ2v) is 6.85. The highest BCUT2D eigenvalue weighted by molar-refractivity contribution is 6.13. The molecule has 0 radical (unpaired) electrons. The fourth-order valence-electron chi connectivity index (χ4n) is 3.56. The quantitative estimate of drug-likeness (QED) is 0.401. The third-order valence-corrected chi connectivity index (χ3v) is 5.05. The lowest BCUT2D eigenvalue weighted by Gasteiger charge is -2.28. The summed E-state index contributed by atoms with van der Waals surface area (Å²) in [5.41, 5.74) is 6.46. The molecule has 0 aliphatic carbocycles. The highest BCUT2D eigenvalue weighted by Gasteiger charge is 2.53. The average molecular weight is 385 g/mol. The number of amides is 3. The Bertz CT molecular complexity index is 1020. The van der Waals surface area contributed by atoms with Gasteiger partial charge < -0.3 is 11.1 Å². The maximum absolute atomic E-state index is 13.5. The second-order valence-electron chi connectivity index (χ2n) is 6.85. The van der Waals surface area contributed by atoms with E-state index in [-0.39, 0.29) is 12.3 Å². The number of anilines is 1. The first-order valence-electron chi connectivity index (χ1n) is 9.16. The van der Waals surface area contributed by atoms with Crippen LogP contribution in [0.25, 0.3) is 0 Å². The van der Waals surface area contributed by atoms with E-state index in [1.54, 1.807) is 48.5 Å². The van der Waals surface area contributed by atoms with Crippen molar-refractivity contribution in [3.8, 4) is 0 Å². The largest absolute Gasteiger partial charge is 0.399 e. The highest BCUT2D eigenvalue weighted by atomic mass is 16.2. The van der Waals surface area contributed by atoms with Crippen LogP contribution in [0.5, 0.6) is 0 Å². The van der Waals surface area contributed by atoms with Crippen molar-refractivity contribution in [2.45, 2.75) is 5.54 Å². The highest BCUT2D eigenvalue weighted by Crippen LogP contribution is 2.36. The molecule has 29 heavy (non-hydrogen) atoms. The average Bonchev–Trinajstić information content (AvgIpc) is 3.01. The Morgan fingerprint density at radius 1 is 0.828 bits per heavy atom. The first-order chi connectivity index (χ1) is 14.0. The second kappa shape index (κ2) is 7.24. The number of carbonyl (C=O) groups is 3. The predicted molar refractivity (Wildman–Crippen MR) is 109 cm³/mol. The van der Waals surface area contributed by atoms with Crippen LogP contribution in [0.2, 0.25) is 0 Å². The molecule has 0 atom stereocenters. The minimum Gasteiger partial charge on any atom is -0.399 e. The van der Waals surface area contributed by atoms with E-state index < -0.39 is 17.5 Å². The predicted octanol–water partition coefficient (Wildman–Crippen LogP) is 2.95. The van der Waals surface area contributed by atoms with E-state index in [0.717, 1.165) is 4.90 Å². The van der Waals surface area contributed by atoms with Crippen molar-refractivity contribution in [3.63, 3.8) is 0 Å². The van der Waals surface area contributed by atoms with Crippen LogP contribution in [0.3, 0.4) is 0 Å². The Morgan fingerprint density at radius 3 is 1.86 bits per heavy atom. The minimum absolute atomic E-state index is 0.342. The molecule has 3 N–H and O–H groups in total. The first kappa shape index (κ1) is 18.4. The van der Waals surface area contributed by atoms with E-state index in [1.807, 2.05) is 36.4 Å². The molecule has 0 aromatic heterocycles. The van der Waals surface area contributed by atoms with Gasteiger partial charge in [-0.3, -0.25) is 14.5 Å². The molecular formula is C23H19N3O3. The zero-order chi connectivity index (χ0) is 20.4. The lowest BCUT2D eigenvalue weighted by atomic mass is 9.82. The van der Waals surface area contributed by atoms with Crippen LogP contribution in [0.15, 0.2) is 84.9 Å². The van der Waals surface area contributed by atoms with E-state index in [0.29, 0.717) is 22.4 Å². The van der Waals surface area contributed by atoms with Gasteiger partial charge in [0.25, 0.3) is 5.91 Å². The summed E-state index contributed by atoms with van der Waals surface area (Å²) in [5, 5.41) is 2.83. The summed E-state index contributed by atoms with van der Waals surface area (Å²) in [6, 6.07) is 23.8. The normalized spacial score (nSPS) is 15.2. The van der Waals surface area contributed by atoms with Gasteiger partial charge in [-0.1, -0.05) is 60.7 Å². The van der Waals surface area contributed by atoms with Gasteiger partial charge in [0.2, 0.25) is 0 Å². The van der Waals surface area contributed by atoms with Crippen molar-refractivity contribution in [2.75, 3.05) is 12.3 Å². The number of benzene rings is 3. The molecule has 144 valence electrons. The lowest BCUT2D eigenvalue weighted by Crippen LogP contribution is -2.45. The number of rotatable bonds is 5. The number of Topliss-reactive ketones (excluding diaryl/α,β-unsaturated/α-hetero) is 1. The van der Waals surface area contributed by atoms with Crippen molar-refractivity contribution in [1.82, 2.24) is 10.2 Å². The summed E-state index contributed by atoms with van der Waals surface area (Å²) < 4.78 is 0. The fraction of sp³-hybridized carbons (Fsp3) is 0.0870. The molecule has 3 aromatic rings. The van der Waals surface area contributed by atoms with Gasteiger partial charge in [0, 0.05) is 11.3 Å². The van der Waals surface area contributed by atoms with Gasteiger partial charge in [-0.15, -0.1) is 0 Å². The number of nitrogen functional groups attached to an aromatic ring is 1. The van der Waals surface area contributed by atoms with Crippen LogP contribution in [0, 0.1) is 0 Å². The van der Waals surface area contributed by atoms with Crippen LogP contribution in [0.1, 0.15) is 21.5 Å². The van der Waals surface area contributed by atoms with Crippen molar-refractivity contribution in [1.29, 1.82) is 0 Å². The van der Waals surface area contributed by atoms with E-state index in [9.17, 15) is 14.4 Å². The number of nitrogens with one attached hydrogen (secondary N) is 1. The minimum atomic E-state index is -1.37. The number of nitrogens with zero attached hydrogens (tertiary/aromatic N) is 1. The third kappa shape index (κ3) is 3.14. The summed E-state index contributed by atoms with van der Waals surface area (Å²) in [6.07, 6.45) is 0. The summed E-state index contributed by atoms with van der Waals surface area (Å²) in [6.45, 7) is -0.351. The molecule has 0 bridgehead atoms. The van der Waals surface area contributed by atoms with Crippen LogP contribution < -0.4 is 11.1 Å². The maximum Gasteiger partial charge on any atom is 0.325 e. The number of hydrogen-bond acceptors (Lipinski definition) is 4. The first-order valence-corrected chi connectivity index (χ1v) is 9.16. The molecule has 1 fully saturated rings. The molecule has 3 aromatic carbocycles. The molecule has 1 heterocycles. The molecule has 6 heteroatoms. The van der Waals surface area contributed by atoms with Gasteiger partial charge in [-0.25, -0.2) is 4.79 Å². The van der Waals surface area contributed by atoms with Gasteiger partial charge in [0.1, 0.15) is 0 Å². The van der Waals surface area contributed by atoms with Crippen LogP contribution in [-0.2, 0) is 10.3 Å². The molecule has 1 aliphatic rings. The molecule has 0 spiro atoms. The van der Waals surface area contributed by atoms with Gasteiger partial charge in [-0.2, -0.15) is 0 Å². The monoisotopic (exact) mass is 385 g/mol. The number of imide groups is 1. The van der Waals surface area contributed by atoms with Crippen LogP contribution >= 0.6 is 0 Å². The summed E-state index contributed by atoms with van der Waals surface area (Å²) in [4.78, 5) is 40.0. The van der Waals surface area contributed by atoms with Gasteiger partial charge in [0.15, 0.2) is 11.3 Å². The Kier molecular flexibility index (Phi) is 4.60. The summed E-state index contributed by atoms with van der Waals surface area (Å²) in [5.74, 6) is -0.825. The van der Waals surface area contributed by atoms with Gasteiger partial charge in [0.05, 0.1) is 6.54 Å². The van der Waals surface area contributed by atoms with Gasteiger partial charge >= 0.3 is 6.03 Å². The molecule has 1 aliphatic heterocycles. The van der Waals surface area contributed by atoms with Crippen LogP contribution in [-0.4, -0.2) is 29.2 Å². The summed E-state index contributed by atoms with van der Waals surface area (Å²) in [7, 11) is 0. The number of urea groups is 1. The van der Waals surface area contributed by atoms with E-state index in [2.05, 4.69) is 5.32 Å². The zero-order valence-electron chi connectivity index (χ0n) is 15.5. The standard InChI is InChI=1S/C23H19N3O3/c24-19-13-11-16(12-14-19)20(27)15-26-21(28)23(25-22(26)29,17-7-3-1-4-8-17)18-9-5-2-6-10-18/h1-14H,15,24H2,(H,25,29). The van der Waals surface area contributed by atoms with E-state index in [1.165, 1.54) is 0 Å². The third-order valence-electron chi connectivity index (χ3n) is 5.05. The number of nitrogens with two attached hydrogens (primary N) is 1. The Morgan fingerprint density at radius 2 is 1.34 bits per heavy atom. The maximum atomic E-state index is 13.5. The molecule has 0 saturated carbocycles. The lowest BCUT2D eigenvalue weighted by molar-refractivity contribution is -0.129. The molecule has 4 rings (SSSR count). The molecule has 1 saturated heterocycles. The molecular weight excluding hydrogens is 366 g/mol. The van der Waals surface area contributed by atoms with Crippen molar-refractivity contribution in [2.24, 2.45) is 0 Å². The van der Waals surface area contributed by atoms with E-state index >= 15 is 0 Å². The molecule has 3 amide bonds. The number of hydrogen-bond donors (Lipinski definition) is 2. The topological polar surface area (TPSA) is 92.5 Å². The number of carbonyl (C=O) groups excluding carboxylic acids is 3. The van der Waals surface area contributed by atoms with Gasteiger partial charge in [-0.05, 0) is 35.4 Å². The Balaban J connectivity index is 1.72. The Hall–Kier alpha value is -3.93. The van der Waals surface area contributed by atoms with E-state index in [4.69, 9.17) is 5.73 Å².